The van der Waals surface area contributed by atoms with Gasteiger partial charge in [-0.3, -0.25) is 0 Å². The summed E-state index contributed by atoms with van der Waals surface area (Å²) in [5.74, 6) is 0. The Balaban J connectivity index is 2.48. The van der Waals surface area contributed by atoms with Crippen LogP contribution in [0.4, 0.5) is 0 Å². The number of hydrogen-bond acceptors (Lipinski definition) is 2. The molecule has 0 spiro atoms. The maximum absolute atomic E-state index is 4.01. The van der Waals surface area contributed by atoms with Gasteiger partial charge in [0.05, 0.1) is 6.33 Å². The summed E-state index contributed by atoms with van der Waals surface area (Å²) in [5, 5.41) is 0. The molecule has 1 aromatic rings. The lowest BCUT2D eigenvalue weighted by Crippen LogP contribution is -2.31. The maximum atomic E-state index is 4.01. The van der Waals surface area contributed by atoms with Crippen LogP contribution in [0.1, 0.15) is 13.3 Å². The molecule has 1 atom stereocenters. The van der Waals surface area contributed by atoms with E-state index in [1.807, 2.05) is 18.7 Å². The third-order valence-electron chi connectivity index (χ3n) is 2.18. The van der Waals surface area contributed by atoms with Gasteiger partial charge in [0.15, 0.2) is 0 Å². The molecule has 0 bridgehead atoms. The first-order chi connectivity index (χ1) is 5.74. The average molecular weight is 167 g/mol. The van der Waals surface area contributed by atoms with Crippen molar-refractivity contribution in [3.05, 3.63) is 18.7 Å². The number of aromatic nitrogens is 2. The van der Waals surface area contributed by atoms with Gasteiger partial charge in [0.25, 0.3) is 0 Å². The van der Waals surface area contributed by atoms with Crippen LogP contribution in [0.25, 0.3) is 0 Å². The van der Waals surface area contributed by atoms with E-state index in [0.717, 1.165) is 6.54 Å². The van der Waals surface area contributed by atoms with Crippen molar-refractivity contribution in [2.24, 2.45) is 0 Å². The lowest BCUT2D eigenvalue weighted by atomic mass is 10.2. The van der Waals surface area contributed by atoms with Crippen LogP contribution in [0.5, 0.6) is 0 Å². The molecule has 0 aliphatic carbocycles. The third-order valence-corrected chi connectivity index (χ3v) is 2.18. The molecule has 0 fully saturated rings. The van der Waals surface area contributed by atoms with Crippen LogP contribution >= 0.6 is 0 Å². The van der Waals surface area contributed by atoms with Crippen molar-refractivity contribution in [3.8, 4) is 0 Å². The highest BCUT2D eigenvalue weighted by atomic mass is 15.1. The van der Waals surface area contributed by atoms with E-state index in [4.69, 9.17) is 0 Å². The summed E-state index contributed by atoms with van der Waals surface area (Å²) >= 11 is 0. The number of likely N-dealkylation sites (N-methyl/N-ethyl adjacent to an activating group) is 1. The van der Waals surface area contributed by atoms with Gasteiger partial charge in [-0.1, -0.05) is 6.92 Å². The first kappa shape index (κ1) is 9.26. The molecule has 0 amide bonds. The fourth-order valence-electron chi connectivity index (χ4n) is 1.30. The SMILES string of the molecule is CCC(Cn1ccnc1)N(C)C. The van der Waals surface area contributed by atoms with Gasteiger partial charge in [-0.15, -0.1) is 0 Å². The monoisotopic (exact) mass is 167 g/mol. The van der Waals surface area contributed by atoms with Gasteiger partial charge in [-0.2, -0.15) is 0 Å². The summed E-state index contributed by atoms with van der Waals surface area (Å²) in [6.07, 6.45) is 6.87. The molecule has 3 heteroatoms. The highest BCUT2D eigenvalue weighted by Crippen LogP contribution is 2.02. The third kappa shape index (κ3) is 2.34. The highest BCUT2D eigenvalue weighted by Gasteiger charge is 2.08. The normalized spacial score (nSPS) is 13.7. The zero-order valence-electron chi connectivity index (χ0n) is 8.07. The molecule has 1 rings (SSSR count). The number of imidazole rings is 1. The molecule has 0 radical (unpaired) electrons. The minimum Gasteiger partial charge on any atom is -0.336 e. The molecular weight excluding hydrogens is 150 g/mol. The smallest absolute Gasteiger partial charge is 0.0946 e. The Morgan fingerprint density at radius 2 is 2.25 bits per heavy atom. The van der Waals surface area contributed by atoms with Crippen LogP contribution in [-0.2, 0) is 6.54 Å². The zero-order chi connectivity index (χ0) is 8.97. The van der Waals surface area contributed by atoms with Crippen LogP contribution in [0.3, 0.4) is 0 Å². The predicted octanol–water partition coefficient (Wildman–Crippen LogP) is 1.22. The van der Waals surface area contributed by atoms with E-state index in [2.05, 4.69) is 35.5 Å². The topological polar surface area (TPSA) is 21.1 Å². The second kappa shape index (κ2) is 4.26. The van der Waals surface area contributed by atoms with Crippen molar-refractivity contribution in [3.63, 3.8) is 0 Å². The number of hydrogen-bond donors (Lipinski definition) is 0. The van der Waals surface area contributed by atoms with E-state index in [-0.39, 0.29) is 0 Å². The van der Waals surface area contributed by atoms with Gasteiger partial charge >= 0.3 is 0 Å². The molecule has 0 saturated heterocycles. The fourth-order valence-corrected chi connectivity index (χ4v) is 1.30. The Kier molecular flexibility index (Phi) is 3.29. The molecule has 68 valence electrons. The zero-order valence-corrected chi connectivity index (χ0v) is 8.07. The van der Waals surface area contributed by atoms with Gasteiger partial charge in [-0.25, -0.2) is 4.98 Å². The Morgan fingerprint density at radius 3 is 2.67 bits per heavy atom. The molecule has 0 aromatic carbocycles. The molecule has 1 unspecified atom stereocenters. The summed E-state index contributed by atoms with van der Waals surface area (Å²) < 4.78 is 2.12. The molecule has 3 nitrogen and oxygen atoms in total. The Morgan fingerprint density at radius 1 is 1.50 bits per heavy atom. The van der Waals surface area contributed by atoms with Gasteiger partial charge in [0.2, 0.25) is 0 Å². The summed E-state index contributed by atoms with van der Waals surface area (Å²) in [6.45, 7) is 3.24. The number of rotatable bonds is 4. The van der Waals surface area contributed by atoms with Gasteiger partial charge in [-0.05, 0) is 20.5 Å². The molecule has 12 heavy (non-hydrogen) atoms. The van der Waals surface area contributed by atoms with Gasteiger partial charge < -0.3 is 9.47 Å². The van der Waals surface area contributed by atoms with Crippen molar-refractivity contribution in [2.45, 2.75) is 25.9 Å². The van der Waals surface area contributed by atoms with E-state index in [9.17, 15) is 0 Å². The average Bonchev–Trinajstić information content (AvgIpc) is 2.51. The summed E-state index contributed by atoms with van der Waals surface area (Å²) in [6, 6.07) is 0.610. The molecule has 0 aliphatic rings. The van der Waals surface area contributed by atoms with E-state index in [0.29, 0.717) is 6.04 Å². The van der Waals surface area contributed by atoms with Crippen molar-refractivity contribution in [1.82, 2.24) is 14.5 Å². The van der Waals surface area contributed by atoms with Gasteiger partial charge in [0, 0.05) is 25.0 Å². The van der Waals surface area contributed by atoms with Crippen molar-refractivity contribution < 1.29 is 0 Å². The highest BCUT2D eigenvalue weighted by molar-refractivity contribution is 4.77. The van der Waals surface area contributed by atoms with Crippen molar-refractivity contribution in [1.29, 1.82) is 0 Å². The molecule has 0 N–H and O–H groups in total. The second-order valence-electron chi connectivity index (χ2n) is 3.29. The fraction of sp³-hybridized carbons (Fsp3) is 0.667. The number of nitrogens with zero attached hydrogens (tertiary/aromatic N) is 3. The molecule has 0 saturated carbocycles. The maximum Gasteiger partial charge on any atom is 0.0946 e. The van der Waals surface area contributed by atoms with Crippen molar-refractivity contribution in [2.75, 3.05) is 14.1 Å². The first-order valence-electron chi connectivity index (χ1n) is 4.36. The van der Waals surface area contributed by atoms with E-state index in [1.54, 1.807) is 0 Å². The van der Waals surface area contributed by atoms with E-state index in [1.165, 1.54) is 6.42 Å². The Hall–Kier alpha value is -0.830. The van der Waals surface area contributed by atoms with Crippen LogP contribution in [0.2, 0.25) is 0 Å². The Bertz CT molecular complexity index is 204. The van der Waals surface area contributed by atoms with Crippen LogP contribution < -0.4 is 0 Å². The minimum absolute atomic E-state index is 0.610. The van der Waals surface area contributed by atoms with E-state index < -0.39 is 0 Å². The van der Waals surface area contributed by atoms with Gasteiger partial charge in [0.1, 0.15) is 0 Å². The Labute approximate surface area is 74.0 Å². The minimum atomic E-state index is 0.610. The second-order valence-corrected chi connectivity index (χ2v) is 3.29. The van der Waals surface area contributed by atoms with Crippen LogP contribution in [0.15, 0.2) is 18.7 Å². The summed E-state index contributed by atoms with van der Waals surface area (Å²) in [7, 11) is 4.23. The summed E-state index contributed by atoms with van der Waals surface area (Å²) in [4.78, 5) is 6.26. The first-order valence-corrected chi connectivity index (χ1v) is 4.36. The molecule has 1 heterocycles. The van der Waals surface area contributed by atoms with Crippen LogP contribution in [-0.4, -0.2) is 34.6 Å². The molecular formula is C9H17N3. The largest absolute Gasteiger partial charge is 0.336 e. The van der Waals surface area contributed by atoms with E-state index >= 15 is 0 Å². The van der Waals surface area contributed by atoms with Crippen LogP contribution in [0, 0.1) is 0 Å². The summed E-state index contributed by atoms with van der Waals surface area (Å²) in [5.41, 5.74) is 0. The lowest BCUT2D eigenvalue weighted by molar-refractivity contribution is 0.257. The predicted molar refractivity (Wildman–Crippen MR) is 50.0 cm³/mol. The molecule has 0 aliphatic heterocycles. The lowest BCUT2D eigenvalue weighted by Gasteiger charge is -2.22. The molecule has 1 aromatic heterocycles. The standard InChI is InChI=1S/C9H17N3/c1-4-9(11(2)3)7-12-6-5-10-8-12/h5-6,8-9H,4,7H2,1-3H3. The van der Waals surface area contributed by atoms with Crippen molar-refractivity contribution >= 4 is 0 Å². The quantitative estimate of drug-likeness (QED) is 0.672.